The van der Waals surface area contributed by atoms with E-state index in [9.17, 15) is 22.8 Å². The van der Waals surface area contributed by atoms with Gasteiger partial charge in [-0.05, 0) is 51.8 Å². The first-order valence-corrected chi connectivity index (χ1v) is 14.4. The first kappa shape index (κ1) is 29.9. The van der Waals surface area contributed by atoms with E-state index in [1.165, 1.54) is 10.6 Å². The molecule has 12 heteroatoms. The highest BCUT2D eigenvalue weighted by Crippen LogP contribution is 2.35. The Labute approximate surface area is 229 Å². The van der Waals surface area contributed by atoms with Crippen LogP contribution in [0.5, 0.6) is 0 Å². The number of carbonyl (C=O) groups excluding carboxylic acids is 2. The average Bonchev–Trinajstić information content (AvgIpc) is 3.09. The van der Waals surface area contributed by atoms with Crippen molar-refractivity contribution in [1.29, 1.82) is 0 Å². The number of aryl methyl sites for hydroxylation is 1. The van der Waals surface area contributed by atoms with Gasteiger partial charge in [-0.1, -0.05) is 43.8 Å². The molecule has 0 bridgehead atoms. The van der Waals surface area contributed by atoms with Crippen LogP contribution < -0.4 is 20.9 Å². The predicted octanol–water partition coefficient (Wildman–Crippen LogP) is 2.08. The third-order valence-electron chi connectivity index (χ3n) is 6.97. The zero-order valence-corrected chi connectivity index (χ0v) is 23.9. The van der Waals surface area contributed by atoms with Gasteiger partial charge in [-0.15, -0.1) is 0 Å². The van der Waals surface area contributed by atoms with E-state index >= 15 is 0 Å². The zero-order valence-electron chi connectivity index (χ0n) is 23.1. The lowest BCUT2D eigenvalue weighted by atomic mass is 10.0. The minimum atomic E-state index is -3.90. The molecule has 3 rings (SSSR count). The van der Waals surface area contributed by atoms with Crippen LogP contribution >= 0.6 is 0 Å². The average molecular weight is 559 g/mol. The number of carbonyl (C=O) groups is 2. The Morgan fingerprint density at radius 2 is 1.82 bits per heavy atom. The summed E-state index contributed by atoms with van der Waals surface area (Å²) in [5.74, 6) is -0.552. The Kier molecular flexibility index (Phi) is 9.23. The molecule has 2 aromatic rings. The number of benzene rings is 1. The summed E-state index contributed by atoms with van der Waals surface area (Å²) in [5, 5.41) is 5.63. The molecule has 3 N–H and O–H groups in total. The van der Waals surface area contributed by atoms with Crippen molar-refractivity contribution < 1.29 is 18.0 Å². The maximum Gasteiger partial charge on any atom is 0.277 e. The van der Waals surface area contributed by atoms with Crippen LogP contribution in [-0.2, 0) is 25.4 Å². The van der Waals surface area contributed by atoms with Gasteiger partial charge in [0.05, 0.1) is 25.0 Å². The van der Waals surface area contributed by atoms with Crippen LogP contribution in [0.25, 0.3) is 0 Å². The number of nitrogens with zero attached hydrogens (tertiary/aromatic N) is 3. The molecule has 0 saturated carbocycles. The van der Waals surface area contributed by atoms with Crippen LogP contribution in [0.2, 0.25) is 0 Å². The van der Waals surface area contributed by atoms with Crippen molar-refractivity contribution in [2.75, 3.05) is 17.9 Å². The summed E-state index contributed by atoms with van der Waals surface area (Å²) in [6.07, 6.45) is 0.426. The van der Waals surface area contributed by atoms with E-state index in [0.717, 1.165) is 6.42 Å². The van der Waals surface area contributed by atoms with Crippen LogP contribution in [0.3, 0.4) is 0 Å². The van der Waals surface area contributed by atoms with Gasteiger partial charge < -0.3 is 15.5 Å². The number of hydrogen-bond acceptors (Lipinski definition) is 7. The maximum atomic E-state index is 13.8. The lowest BCUT2D eigenvalue weighted by molar-refractivity contribution is -0.125. The number of nitrogens with one attached hydrogen (secondary N) is 3. The monoisotopic (exact) mass is 558 g/mol. The molecule has 39 heavy (non-hydrogen) atoms. The van der Waals surface area contributed by atoms with Crippen molar-refractivity contribution in [2.24, 2.45) is 0 Å². The zero-order chi connectivity index (χ0) is 29.0. The lowest BCUT2D eigenvalue weighted by Gasteiger charge is -2.35. The largest absolute Gasteiger partial charge is 0.350 e. The summed E-state index contributed by atoms with van der Waals surface area (Å²) in [7, 11) is -3.90. The van der Waals surface area contributed by atoms with Crippen molar-refractivity contribution in [3.63, 3.8) is 0 Å². The Bertz CT molecular complexity index is 1370. The highest BCUT2D eigenvalue weighted by Gasteiger charge is 2.43. The molecular formula is C27H38N6O5S. The number of anilines is 1. The van der Waals surface area contributed by atoms with E-state index < -0.39 is 27.4 Å². The molecule has 0 radical (unpaired) electrons. The molecule has 0 aliphatic carbocycles. The standard InChI is InChI=1S/C27H38N6O5S/c1-7-27(5,6)29-24(35)15-31-20(3)21(4)32(17-28-18-34)26(31)33-19(2)13-14-23(25(33)36)30-39(37,38)16-22-11-9-8-10-12-22/h8-14,18,21,26,30H,3,7,15-17H2,1-2,4-6H3,(H,28,34)(H,29,35). The van der Waals surface area contributed by atoms with E-state index in [1.807, 2.05) is 32.6 Å². The molecule has 212 valence electrons. The Morgan fingerprint density at radius 1 is 1.15 bits per heavy atom. The normalized spacial score (nSPS) is 18.2. The Morgan fingerprint density at radius 3 is 2.44 bits per heavy atom. The minimum absolute atomic E-state index is 0.0722. The molecule has 1 aromatic heterocycles. The van der Waals surface area contributed by atoms with Crippen molar-refractivity contribution in [1.82, 2.24) is 25.0 Å². The van der Waals surface area contributed by atoms with Gasteiger partial charge >= 0.3 is 0 Å². The smallest absolute Gasteiger partial charge is 0.277 e. The molecule has 0 spiro atoms. The minimum Gasteiger partial charge on any atom is -0.350 e. The molecule has 2 unspecified atom stereocenters. The fraction of sp³-hybridized carbons (Fsp3) is 0.444. The second-order valence-electron chi connectivity index (χ2n) is 10.3. The molecule has 1 aliphatic heterocycles. The van der Waals surface area contributed by atoms with Crippen molar-refractivity contribution in [3.8, 4) is 0 Å². The van der Waals surface area contributed by atoms with E-state index in [4.69, 9.17) is 0 Å². The van der Waals surface area contributed by atoms with Crippen LogP contribution in [-0.4, -0.2) is 59.9 Å². The van der Waals surface area contributed by atoms with Gasteiger partial charge in [0.15, 0.2) is 6.29 Å². The molecule has 1 fully saturated rings. The SMILES string of the molecule is C=C1C(C)N(CNC=O)C(n2c(C)ccc(NS(=O)(=O)Cc3ccccc3)c2=O)N1CC(=O)NC(C)(C)CC. The number of rotatable bonds is 12. The Hall–Kier alpha value is -3.64. The second-order valence-corrected chi connectivity index (χ2v) is 12.1. The van der Waals surface area contributed by atoms with Crippen LogP contribution in [0.4, 0.5) is 5.69 Å². The third kappa shape index (κ3) is 7.07. The predicted molar refractivity (Wildman–Crippen MR) is 151 cm³/mol. The highest BCUT2D eigenvalue weighted by atomic mass is 32.2. The molecule has 1 aliphatic rings. The third-order valence-corrected chi connectivity index (χ3v) is 8.22. The van der Waals surface area contributed by atoms with E-state index in [2.05, 4.69) is 21.9 Å². The quantitative estimate of drug-likeness (QED) is 0.340. The maximum absolute atomic E-state index is 13.8. The number of pyridine rings is 1. The summed E-state index contributed by atoms with van der Waals surface area (Å²) in [6.45, 7) is 13.5. The van der Waals surface area contributed by atoms with Crippen LogP contribution in [0.15, 0.2) is 59.5 Å². The van der Waals surface area contributed by atoms with Gasteiger partial charge in [0.2, 0.25) is 22.3 Å². The van der Waals surface area contributed by atoms with Crippen LogP contribution in [0.1, 0.15) is 51.7 Å². The summed E-state index contributed by atoms with van der Waals surface area (Å²) in [4.78, 5) is 41.5. The first-order valence-electron chi connectivity index (χ1n) is 12.8. The van der Waals surface area contributed by atoms with Gasteiger partial charge in [0, 0.05) is 16.9 Å². The van der Waals surface area contributed by atoms with Crippen molar-refractivity contribution >= 4 is 28.0 Å². The molecule has 11 nitrogen and oxygen atoms in total. The number of hydrogen-bond donors (Lipinski definition) is 3. The Balaban J connectivity index is 2.02. The molecule has 1 saturated heterocycles. The fourth-order valence-corrected chi connectivity index (χ4v) is 5.65. The second kappa shape index (κ2) is 12.0. The fourth-order valence-electron chi connectivity index (χ4n) is 4.46. The summed E-state index contributed by atoms with van der Waals surface area (Å²) in [5.41, 5.74) is 0.556. The molecular weight excluding hydrogens is 520 g/mol. The van der Waals surface area contributed by atoms with Crippen molar-refractivity contribution in [3.05, 3.63) is 76.4 Å². The number of sulfonamides is 1. The van der Waals surface area contributed by atoms with Gasteiger partial charge in [0.1, 0.15) is 5.69 Å². The van der Waals surface area contributed by atoms with E-state index in [0.29, 0.717) is 23.4 Å². The number of amides is 2. The number of aromatic nitrogens is 1. The molecule has 1 aromatic carbocycles. The highest BCUT2D eigenvalue weighted by molar-refractivity contribution is 7.91. The molecule has 2 heterocycles. The summed E-state index contributed by atoms with van der Waals surface area (Å²) < 4.78 is 29.7. The lowest BCUT2D eigenvalue weighted by Crippen LogP contribution is -2.50. The van der Waals surface area contributed by atoms with Gasteiger partial charge in [-0.2, -0.15) is 0 Å². The van der Waals surface area contributed by atoms with E-state index in [-0.39, 0.29) is 36.6 Å². The van der Waals surface area contributed by atoms with Gasteiger partial charge in [-0.25, -0.2) is 13.3 Å². The first-order chi connectivity index (χ1) is 18.3. The molecule has 2 atom stereocenters. The van der Waals surface area contributed by atoms with E-state index in [1.54, 1.807) is 48.2 Å². The summed E-state index contributed by atoms with van der Waals surface area (Å²) >= 11 is 0. The van der Waals surface area contributed by atoms with Gasteiger partial charge in [-0.3, -0.25) is 23.7 Å². The van der Waals surface area contributed by atoms with Gasteiger partial charge in [0.25, 0.3) is 5.56 Å². The van der Waals surface area contributed by atoms with Crippen LogP contribution in [0, 0.1) is 6.92 Å². The summed E-state index contributed by atoms with van der Waals surface area (Å²) in [6, 6.07) is 11.4. The van der Waals surface area contributed by atoms with Crippen molar-refractivity contribution in [2.45, 2.75) is 64.7 Å². The molecule has 2 amide bonds. The topological polar surface area (TPSA) is 133 Å².